The lowest BCUT2D eigenvalue weighted by Gasteiger charge is -2.08. The Morgan fingerprint density at radius 1 is 1.19 bits per heavy atom. The molecule has 0 unspecified atom stereocenters. The van der Waals surface area contributed by atoms with Gasteiger partial charge < -0.3 is 15.1 Å². The summed E-state index contributed by atoms with van der Waals surface area (Å²) in [4.78, 5) is 0. The fraction of sp³-hybridized carbons (Fsp3) is 0.692. The number of nitrogens with one attached hydrogen (secondary N) is 2. The molecule has 0 saturated carbocycles. The Bertz CT molecular complexity index is 244. The van der Waals surface area contributed by atoms with Gasteiger partial charge in [-0.2, -0.15) is 0 Å². The fourth-order valence-corrected chi connectivity index (χ4v) is 1.57. The van der Waals surface area contributed by atoms with Crippen LogP contribution in [0.15, 0.2) is 22.8 Å². The molecular formula is C13H24N2O. The predicted molar refractivity (Wildman–Crippen MR) is 67.7 cm³/mol. The van der Waals surface area contributed by atoms with Gasteiger partial charge in [-0.25, -0.2) is 0 Å². The molecule has 16 heavy (non-hydrogen) atoms. The van der Waals surface area contributed by atoms with Gasteiger partial charge in [0.25, 0.3) is 0 Å². The monoisotopic (exact) mass is 224 g/mol. The maximum absolute atomic E-state index is 5.27. The van der Waals surface area contributed by atoms with Crippen LogP contribution in [0.4, 0.5) is 0 Å². The minimum Gasteiger partial charge on any atom is -0.469 e. The zero-order valence-electron chi connectivity index (χ0n) is 10.5. The zero-order chi connectivity index (χ0) is 11.6. The summed E-state index contributed by atoms with van der Waals surface area (Å²) in [7, 11) is 0. The van der Waals surface area contributed by atoms with Gasteiger partial charge in [-0.15, -0.1) is 0 Å². The lowest BCUT2D eigenvalue weighted by Crippen LogP contribution is -2.27. The van der Waals surface area contributed by atoms with Crippen LogP contribution in [0.25, 0.3) is 0 Å². The number of furan rings is 1. The largest absolute Gasteiger partial charge is 0.469 e. The van der Waals surface area contributed by atoms with Gasteiger partial charge in [0.15, 0.2) is 0 Å². The molecule has 1 heterocycles. The van der Waals surface area contributed by atoms with E-state index in [4.69, 9.17) is 4.42 Å². The van der Waals surface area contributed by atoms with E-state index in [-0.39, 0.29) is 0 Å². The van der Waals surface area contributed by atoms with E-state index < -0.39 is 0 Å². The fourth-order valence-electron chi connectivity index (χ4n) is 1.57. The summed E-state index contributed by atoms with van der Waals surface area (Å²) in [5.74, 6) is 1.09. The molecule has 0 amide bonds. The number of hydrogen-bond donors (Lipinski definition) is 2. The zero-order valence-corrected chi connectivity index (χ0v) is 10.5. The smallest absolute Gasteiger partial charge is 0.103 e. The molecule has 3 nitrogen and oxygen atoms in total. The van der Waals surface area contributed by atoms with Crippen molar-refractivity contribution in [3.63, 3.8) is 0 Å². The summed E-state index contributed by atoms with van der Waals surface area (Å²) < 4.78 is 5.27. The predicted octanol–water partition coefficient (Wildman–Crippen LogP) is 2.19. The summed E-state index contributed by atoms with van der Waals surface area (Å²) in [6.07, 6.45) is 5.11. The molecule has 0 aliphatic rings. The lowest BCUT2D eigenvalue weighted by atomic mass is 10.2. The molecule has 0 radical (unpaired) electrons. The third-order valence-corrected chi connectivity index (χ3v) is 2.44. The van der Waals surface area contributed by atoms with E-state index in [0.717, 1.165) is 38.2 Å². The van der Waals surface area contributed by atoms with Crippen molar-refractivity contribution in [1.29, 1.82) is 0 Å². The average molecular weight is 224 g/mol. The first-order valence-electron chi connectivity index (χ1n) is 6.25. The molecule has 0 fully saturated rings. The maximum atomic E-state index is 5.27. The highest BCUT2D eigenvalue weighted by molar-refractivity contribution is 4.97. The SMILES string of the molecule is CC(C)NCCCNCCCc1ccco1. The van der Waals surface area contributed by atoms with Crippen molar-refractivity contribution in [2.24, 2.45) is 0 Å². The molecular weight excluding hydrogens is 200 g/mol. The summed E-state index contributed by atoms with van der Waals surface area (Å²) in [6, 6.07) is 4.58. The molecule has 1 rings (SSSR count). The van der Waals surface area contributed by atoms with E-state index in [0.29, 0.717) is 6.04 Å². The van der Waals surface area contributed by atoms with Crippen molar-refractivity contribution in [2.45, 2.75) is 39.2 Å². The van der Waals surface area contributed by atoms with Gasteiger partial charge in [0.05, 0.1) is 6.26 Å². The van der Waals surface area contributed by atoms with Crippen molar-refractivity contribution in [2.75, 3.05) is 19.6 Å². The molecule has 0 saturated heterocycles. The van der Waals surface area contributed by atoms with E-state index in [2.05, 4.69) is 24.5 Å². The highest BCUT2D eigenvalue weighted by Crippen LogP contribution is 2.02. The van der Waals surface area contributed by atoms with Gasteiger partial charge in [-0.3, -0.25) is 0 Å². The molecule has 1 aromatic heterocycles. The molecule has 2 N–H and O–H groups in total. The van der Waals surface area contributed by atoms with Crippen molar-refractivity contribution in [1.82, 2.24) is 10.6 Å². The van der Waals surface area contributed by atoms with Crippen LogP contribution in [0, 0.1) is 0 Å². The van der Waals surface area contributed by atoms with E-state index in [9.17, 15) is 0 Å². The van der Waals surface area contributed by atoms with Crippen molar-refractivity contribution >= 4 is 0 Å². The Kier molecular flexibility index (Phi) is 6.93. The van der Waals surface area contributed by atoms with Crippen molar-refractivity contribution in [3.05, 3.63) is 24.2 Å². The molecule has 1 aromatic rings. The average Bonchev–Trinajstić information content (AvgIpc) is 2.74. The standard InChI is InChI=1S/C13H24N2O/c1-12(2)15-10-5-9-14-8-3-6-13-7-4-11-16-13/h4,7,11-12,14-15H,3,5-6,8-10H2,1-2H3. The third-order valence-electron chi connectivity index (χ3n) is 2.44. The Hall–Kier alpha value is -0.800. The molecule has 3 heteroatoms. The lowest BCUT2D eigenvalue weighted by molar-refractivity contribution is 0.492. The van der Waals surface area contributed by atoms with Crippen LogP contribution >= 0.6 is 0 Å². The third kappa shape index (κ3) is 6.64. The first-order chi connectivity index (χ1) is 7.79. The van der Waals surface area contributed by atoms with E-state index in [1.165, 1.54) is 6.42 Å². The summed E-state index contributed by atoms with van der Waals surface area (Å²) in [5, 5.41) is 6.84. The van der Waals surface area contributed by atoms with Crippen LogP contribution in [0.3, 0.4) is 0 Å². The van der Waals surface area contributed by atoms with Crippen LogP contribution in [0.1, 0.15) is 32.4 Å². The van der Waals surface area contributed by atoms with Crippen LogP contribution in [-0.2, 0) is 6.42 Å². The highest BCUT2D eigenvalue weighted by Gasteiger charge is 1.95. The molecule has 0 aromatic carbocycles. The van der Waals surface area contributed by atoms with E-state index in [1.54, 1.807) is 6.26 Å². The molecule has 0 atom stereocenters. The number of aryl methyl sites for hydroxylation is 1. The van der Waals surface area contributed by atoms with Gasteiger partial charge in [0, 0.05) is 12.5 Å². The topological polar surface area (TPSA) is 37.2 Å². The second kappa shape index (κ2) is 8.36. The summed E-state index contributed by atoms with van der Waals surface area (Å²) >= 11 is 0. The van der Waals surface area contributed by atoms with Crippen LogP contribution in [-0.4, -0.2) is 25.7 Å². The second-order valence-corrected chi connectivity index (χ2v) is 4.40. The van der Waals surface area contributed by atoms with Crippen molar-refractivity contribution in [3.8, 4) is 0 Å². The minimum atomic E-state index is 0.596. The molecule has 0 aliphatic heterocycles. The molecule has 0 spiro atoms. The van der Waals surface area contributed by atoms with Gasteiger partial charge in [-0.05, 0) is 44.6 Å². The van der Waals surface area contributed by atoms with Gasteiger partial charge >= 0.3 is 0 Å². The van der Waals surface area contributed by atoms with Gasteiger partial charge in [-0.1, -0.05) is 13.8 Å². The number of rotatable bonds is 9. The van der Waals surface area contributed by atoms with Crippen LogP contribution < -0.4 is 10.6 Å². The number of hydrogen-bond acceptors (Lipinski definition) is 3. The Morgan fingerprint density at radius 2 is 2.00 bits per heavy atom. The maximum Gasteiger partial charge on any atom is 0.103 e. The second-order valence-electron chi connectivity index (χ2n) is 4.40. The molecule has 0 aliphatic carbocycles. The highest BCUT2D eigenvalue weighted by atomic mass is 16.3. The molecule has 92 valence electrons. The minimum absolute atomic E-state index is 0.596. The van der Waals surface area contributed by atoms with E-state index in [1.807, 2.05) is 12.1 Å². The summed E-state index contributed by atoms with van der Waals surface area (Å²) in [5.41, 5.74) is 0. The van der Waals surface area contributed by atoms with Gasteiger partial charge in [0.1, 0.15) is 5.76 Å². The van der Waals surface area contributed by atoms with Crippen LogP contribution in [0.2, 0.25) is 0 Å². The van der Waals surface area contributed by atoms with Crippen molar-refractivity contribution < 1.29 is 4.42 Å². The molecule has 0 bridgehead atoms. The Morgan fingerprint density at radius 3 is 2.69 bits per heavy atom. The van der Waals surface area contributed by atoms with Crippen LogP contribution in [0.5, 0.6) is 0 Å². The Labute approximate surface area is 98.6 Å². The Balaban J connectivity index is 1.82. The first kappa shape index (κ1) is 13.3. The van der Waals surface area contributed by atoms with Gasteiger partial charge in [0.2, 0.25) is 0 Å². The first-order valence-corrected chi connectivity index (χ1v) is 6.25. The summed E-state index contributed by atoms with van der Waals surface area (Å²) in [6.45, 7) is 7.62. The van der Waals surface area contributed by atoms with E-state index >= 15 is 0 Å². The quantitative estimate of drug-likeness (QED) is 0.631. The normalized spacial score (nSPS) is 11.2.